The second kappa shape index (κ2) is 5.41. The Hall–Kier alpha value is -1.22. The van der Waals surface area contributed by atoms with Crippen LogP contribution in [0.15, 0.2) is 18.2 Å². The summed E-state index contributed by atoms with van der Waals surface area (Å²) >= 11 is 5.86. The van der Waals surface area contributed by atoms with Crippen molar-refractivity contribution in [3.05, 3.63) is 28.8 Å². The molecule has 0 heterocycles. The van der Waals surface area contributed by atoms with Gasteiger partial charge in [0.15, 0.2) is 0 Å². The molecule has 0 saturated carbocycles. The lowest BCUT2D eigenvalue weighted by molar-refractivity contribution is -0.120. The second-order valence-electron chi connectivity index (χ2n) is 5.11. The third-order valence-corrected chi connectivity index (χ3v) is 2.38. The zero-order valence-corrected chi connectivity index (χ0v) is 11.5. The van der Waals surface area contributed by atoms with Gasteiger partial charge >= 0.3 is 0 Å². The van der Waals surface area contributed by atoms with E-state index < -0.39 is 0 Å². The minimum Gasteiger partial charge on any atom is -0.376 e. The quantitative estimate of drug-likeness (QED) is 0.871. The maximum Gasteiger partial charge on any atom is 0.239 e. The smallest absolute Gasteiger partial charge is 0.239 e. The van der Waals surface area contributed by atoms with Gasteiger partial charge in [-0.3, -0.25) is 4.79 Å². The fraction of sp³-hybridized carbons (Fsp3) is 0.462. The molecule has 0 unspecified atom stereocenters. The van der Waals surface area contributed by atoms with Crippen molar-refractivity contribution < 1.29 is 4.79 Å². The van der Waals surface area contributed by atoms with Crippen LogP contribution < -0.4 is 10.6 Å². The van der Waals surface area contributed by atoms with Gasteiger partial charge in [-0.2, -0.15) is 0 Å². The number of carbonyl (C=O) groups excluding carboxylic acids is 1. The Bertz CT molecular complexity index is 410. The first-order valence-electron chi connectivity index (χ1n) is 5.59. The third kappa shape index (κ3) is 5.09. The highest BCUT2D eigenvalue weighted by atomic mass is 35.5. The number of rotatable bonds is 3. The molecule has 0 fully saturated rings. The molecule has 4 heteroatoms. The van der Waals surface area contributed by atoms with Crippen LogP contribution in [0.4, 0.5) is 5.69 Å². The highest BCUT2D eigenvalue weighted by Crippen LogP contribution is 2.19. The molecule has 0 aliphatic heterocycles. The van der Waals surface area contributed by atoms with E-state index in [1.165, 1.54) is 0 Å². The Morgan fingerprint density at radius 1 is 1.35 bits per heavy atom. The topological polar surface area (TPSA) is 41.1 Å². The number of nitrogens with one attached hydrogen (secondary N) is 2. The standard InChI is InChI=1S/C13H19ClN2O/c1-9-7-10(14)5-6-11(9)15-8-12(17)16-13(2,3)4/h5-7,15H,8H2,1-4H3,(H,16,17). The fourth-order valence-electron chi connectivity index (χ4n) is 1.46. The normalized spacial score (nSPS) is 11.1. The molecule has 17 heavy (non-hydrogen) atoms. The Morgan fingerprint density at radius 3 is 2.53 bits per heavy atom. The van der Waals surface area contributed by atoms with Gasteiger partial charge in [0.25, 0.3) is 0 Å². The van der Waals surface area contributed by atoms with Gasteiger partial charge in [-0.25, -0.2) is 0 Å². The van der Waals surface area contributed by atoms with Crippen LogP contribution in [0.2, 0.25) is 5.02 Å². The average molecular weight is 255 g/mol. The molecule has 0 aliphatic carbocycles. The minimum atomic E-state index is -0.201. The van der Waals surface area contributed by atoms with Gasteiger partial charge in [-0.05, 0) is 51.5 Å². The maximum atomic E-state index is 11.6. The Kier molecular flexibility index (Phi) is 4.40. The molecule has 3 nitrogen and oxygen atoms in total. The molecule has 2 N–H and O–H groups in total. The van der Waals surface area contributed by atoms with Crippen molar-refractivity contribution in [2.24, 2.45) is 0 Å². The maximum absolute atomic E-state index is 11.6. The second-order valence-corrected chi connectivity index (χ2v) is 5.55. The van der Waals surface area contributed by atoms with Crippen LogP contribution in [0, 0.1) is 6.92 Å². The van der Waals surface area contributed by atoms with E-state index in [2.05, 4.69) is 10.6 Å². The van der Waals surface area contributed by atoms with E-state index in [-0.39, 0.29) is 18.0 Å². The SMILES string of the molecule is Cc1cc(Cl)ccc1NCC(=O)NC(C)(C)C. The van der Waals surface area contributed by atoms with Gasteiger partial charge < -0.3 is 10.6 Å². The molecule has 1 rings (SSSR count). The van der Waals surface area contributed by atoms with Crippen molar-refractivity contribution in [2.75, 3.05) is 11.9 Å². The van der Waals surface area contributed by atoms with Gasteiger partial charge in [0.2, 0.25) is 5.91 Å². The summed E-state index contributed by atoms with van der Waals surface area (Å²) in [6, 6.07) is 5.55. The summed E-state index contributed by atoms with van der Waals surface area (Å²) in [6.45, 7) is 8.09. The van der Waals surface area contributed by atoms with Gasteiger partial charge in [-0.15, -0.1) is 0 Å². The van der Waals surface area contributed by atoms with E-state index in [1.807, 2.05) is 39.8 Å². The van der Waals surface area contributed by atoms with E-state index in [0.717, 1.165) is 11.3 Å². The number of benzene rings is 1. The first kappa shape index (κ1) is 13.8. The summed E-state index contributed by atoms with van der Waals surface area (Å²) in [5.41, 5.74) is 1.76. The minimum absolute atomic E-state index is 0.0214. The number of anilines is 1. The lowest BCUT2D eigenvalue weighted by Gasteiger charge is -2.21. The molecular weight excluding hydrogens is 236 g/mol. The summed E-state index contributed by atoms with van der Waals surface area (Å²) in [7, 11) is 0. The molecule has 0 bridgehead atoms. The summed E-state index contributed by atoms with van der Waals surface area (Å²) in [5.74, 6) is -0.0214. The summed E-state index contributed by atoms with van der Waals surface area (Å²) in [4.78, 5) is 11.6. The molecule has 1 aromatic carbocycles. The van der Waals surface area contributed by atoms with E-state index >= 15 is 0 Å². The van der Waals surface area contributed by atoms with Crippen LogP contribution in [-0.2, 0) is 4.79 Å². The fourth-order valence-corrected chi connectivity index (χ4v) is 1.69. The monoisotopic (exact) mass is 254 g/mol. The van der Waals surface area contributed by atoms with Crippen LogP contribution in [0.25, 0.3) is 0 Å². The van der Waals surface area contributed by atoms with E-state index in [4.69, 9.17) is 11.6 Å². The van der Waals surface area contributed by atoms with Crippen LogP contribution in [0.5, 0.6) is 0 Å². The zero-order chi connectivity index (χ0) is 13.1. The molecule has 0 spiro atoms. The van der Waals surface area contributed by atoms with Crippen molar-refractivity contribution in [1.29, 1.82) is 0 Å². The zero-order valence-electron chi connectivity index (χ0n) is 10.7. The van der Waals surface area contributed by atoms with Crippen molar-refractivity contribution >= 4 is 23.2 Å². The van der Waals surface area contributed by atoms with Gasteiger partial charge in [0, 0.05) is 16.2 Å². The number of carbonyl (C=O) groups is 1. The molecule has 94 valence electrons. The van der Waals surface area contributed by atoms with E-state index in [9.17, 15) is 4.79 Å². The number of hydrogen-bond donors (Lipinski definition) is 2. The Morgan fingerprint density at radius 2 is 2.00 bits per heavy atom. The molecule has 1 aromatic rings. The van der Waals surface area contributed by atoms with Crippen LogP contribution in [-0.4, -0.2) is 18.0 Å². The molecule has 0 aliphatic rings. The molecule has 1 amide bonds. The number of aryl methyl sites for hydroxylation is 1. The molecule has 0 saturated heterocycles. The van der Waals surface area contributed by atoms with Crippen molar-refractivity contribution in [2.45, 2.75) is 33.2 Å². The van der Waals surface area contributed by atoms with Gasteiger partial charge in [0.1, 0.15) is 0 Å². The average Bonchev–Trinajstić information content (AvgIpc) is 2.13. The summed E-state index contributed by atoms with van der Waals surface area (Å²) < 4.78 is 0. The van der Waals surface area contributed by atoms with Crippen LogP contribution >= 0.6 is 11.6 Å². The van der Waals surface area contributed by atoms with Gasteiger partial charge in [0.05, 0.1) is 6.54 Å². The van der Waals surface area contributed by atoms with Gasteiger partial charge in [-0.1, -0.05) is 11.6 Å². The molecular formula is C13H19ClN2O. The van der Waals surface area contributed by atoms with Crippen LogP contribution in [0.3, 0.4) is 0 Å². The first-order valence-corrected chi connectivity index (χ1v) is 5.97. The molecule has 0 radical (unpaired) electrons. The third-order valence-electron chi connectivity index (χ3n) is 2.14. The molecule has 0 atom stereocenters. The van der Waals surface area contributed by atoms with Crippen molar-refractivity contribution in [1.82, 2.24) is 5.32 Å². The summed E-state index contributed by atoms with van der Waals surface area (Å²) in [6.07, 6.45) is 0. The Balaban J connectivity index is 2.53. The molecule has 0 aromatic heterocycles. The number of hydrogen-bond acceptors (Lipinski definition) is 2. The number of amides is 1. The highest BCUT2D eigenvalue weighted by molar-refractivity contribution is 6.30. The predicted octanol–water partition coefficient (Wildman–Crippen LogP) is 2.98. The van der Waals surface area contributed by atoms with Crippen LogP contribution in [0.1, 0.15) is 26.3 Å². The van der Waals surface area contributed by atoms with E-state index in [0.29, 0.717) is 5.02 Å². The lowest BCUT2D eigenvalue weighted by Crippen LogP contribution is -2.43. The lowest BCUT2D eigenvalue weighted by atomic mass is 10.1. The Labute approximate surface area is 108 Å². The van der Waals surface area contributed by atoms with Crippen molar-refractivity contribution in [3.63, 3.8) is 0 Å². The highest BCUT2D eigenvalue weighted by Gasteiger charge is 2.13. The van der Waals surface area contributed by atoms with E-state index in [1.54, 1.807) is 6.07 Å². The van der Waals surface area contributed by atoms with Crippen molar-refractivity contribution in [3.8, 4) is 0 Å². The number of halogens is 1. The summed E-state index contributed by atoms with van der Waals surface area (Å²) in [5, 5.41) is 6.69. The largest absolute Gasteiger partial charge is 0.376 e. The predicted molar refractivity (Wildman–Crippen MR) is 72.6 cm³/mol. The first-order chi connectivity index (χ1) is 7.78.